The van der Waals surface area contributed by atoms with E-state index in [2.05, 4.69) is 30.1 Å². The maximum atomic E-state index is 12.3. The van der Waals surface area contributed by atoms with Crippen LogP contribution in [0.1, 0.15) is 42.3 Å². The molecule has 2 aromatic rings. The predicted molar refractivity (Wildman–Crippen MR) is 105 cm³/mol. The number of anilines is 1. The van der Waals surface area contributed by atoms with E-state index >= 15 is 0 Å². The van der Waals surface area contributed by atoms with Crippen molar-refractivity contribution in [3.63, 3.8) is 0 Å². The first-order valence-electron chi connectivity index (χ1n) is 9.48. The summed E-state index contributed by atoms with van der Waals surface area (Å²) in [6.07, 6.45) is 1.96. The number of hydrogen-bond donors (Lipinski definition) is 1. The van der Waals surface area contributed by atoms with Crippen molar-refractivity contribution < 1.29 is 14.0 Å². The number of amides is 2. The van der Waals surface area contributed by atoms with Gasteiger partial charge in [-0.2, -0.15) is 0 Å². The van der Waals surface area contributed by atoms with E-state index in [1.54, 1.807) is 17.0 Å². The van der Waals surface area contributed by atoms with Crippen LogP contribution in [0.15, 0.2) is 47.1 Å². The highest BCUT2D eigenvalue weighted by Crippen LogP contribution is 2.23. The van der Waals surface area contributed by atoms with Gasteiger partial charge >= 0.3 is 0 Å². The molecule has 144 valence electrons. The highest BCUT2D eigenvalue weighted by atomic mass is 16.3. The smallest absolute Gasteiger partial charge is 0.289 e. The molecule has 0 bridgehead atoms. The molecule has 1 saturated heterocycles. The van der Waals surface area contributed by atoms with E-state index < -0.39 is 0 Å². The Morgan fingerprint density at radius 1 is 1.07 bits per heavy atom. The molecule has 0 aliphatic carbocycles. The highest BCUT2D eigenvalue weighted by Gasteiger charge is 2.23. The topological polar surface area (TPSA) is 65.8 Å². The lowest BCUT2D eigenvalue weighted by atomic mass is 10.0. The molecule has 1 N–H and O–H groups in total. The lowest BCUT2D eigenvalue weighted by molar-refractivity contribution is -0.116. The molecule has 1 aromatic heterocycles. The summed E-state index contributed by atoms with van der Waals surface area (Å²) in [6.45, 7) is 7.76. The van der Waals surface area contributed by atoms with Crippen molar-refractivity contribution in [1.29, 1.82) is 0 Å². The molecule has 0 unspecified atom stereocenters. The zero-order valence-electron chi connectivity index (χ0n) is 16.0. The SMILES string of the molecule is CC(C)c1ccccc1NC(=O)CCN1CCN(C(=O)c2ccco2)CC1. The minimum Gasteiger partial charge on any atom is -0.459 e. The van der Waals surface area contributed by atoms with E-state index in [-0.39, 0.29) is 11.8 Å². The Labute approximate surface area is 160 Å². The molecule has 1 aliphatic heterocycles. The number of nitrogens with one attached hydrogen (secondary N) is 1. The molecule has 2 heterocycles. The van der Waals surface area contributed by atoms with Gasteiger partial charge in [0.15, 0.2) is 5.76 Å². The minimum atomic E-state index is -0.0670. The van der Waals surface area contributed by atoms with Gasteiger partial charge in [0, 0.05) is 44.8 Å². The summed E-state index contributed by atoms with van der Waals surface area (Å²) in [7, 11) is 0. The lowest BCUT2D eigenvalue weighted by Gasteiger charge is -2.34. The zero-order chi connectivity index (χ0) is 19.2. The minimum absolute atomic E-state index is 0.0252. The number of para-hydroxylation sites is 1. The zero-order valence-corrected chi connectivity index (χ0v) is 16.0. The standard InChI is InChI=1S/C21H27N3O3/c1-16(2)17-6-3-4-7-18(17)22-20(25)9-10-23-11-13-24(14-12-23)21(26)19-8-5-15-27-19/h3-8,15-16H,9-14H2,1-2H3,(H,22,25). The van der Waals surface area contributed by atoms with Crippen LogP contribution in [0.5, 0.6) is 0 Å². The van der Waals surface area contributed by atoms with E-state index in [0.717, 1.165) is 24.3 Å². The predicted octanol–water partition coefficient (Wildman–Crippen LogP) is 3.19. The fourth-order valence-corrected chi connectivity index (χ4v) is 3.32. The first-order chi connectivity index (χ1) is 13.0. The molecular formula is C21H27N3O3. The van der Waals surface area contributed by atoms with Crippen molar-refractivity contribution in [2.75, 3.05) is 38.0 Å². The average Bonchev–Trinajstić information content (AvgIpc) is 3.21. The second kappa shape index (κ2) is 8.86. The van der Waals surface area contributed by atoms with E-state index in [4.69, 9.17) is 4.42 Å². The molecule has 0 spiro atoms. The van der Waals surface area contributed by atoms with Gasteiger partial charge < -0.3 is 14.6 Å². The lowest BCUT2D eigenvalue weighted by Crippen LogP contribution is -2.49. The summed E-state index contributed by atoms with van der Waals surface area (Å²) >= 11 is 0. The van der Waals surface area contributed by atoms with E-state index in [1.165, 1.54) is 6.26 Å². The Morgan fingerprint density at radius 2 is 1.81 bits per heavy atom. The summed E-state index contributed by atoms with van der Waals surface area (Å²) in [6, 6.07) is 11.3. The third-order valence-corrected chi connectivity index (χ3v) is 4.90. The quantitative estimate of drug-likeness (QED) is 0.849. The van der Waals surface area contributed by atoms with Crippen LogP contribution in [0.25, 0.3) is 0 Å². The van der Waals surface area contributed by atoms with E-state index in [0.29, 0.717) is 37.7 Å². The third-order valence-electron chi connectivity index (χ3n) is 4.90. The van der Waals surface area contributed by atoms with Gasteiger partial charge in [-0.15, -0.1) is 0 Å². The van der Waals surface area contributed by atoms with Gasteiger partial charge in [0.05, 0.1) is 6.26 Å². The second-order valence-electron chi connectivity index (χ2n) is 7.15. The number of rotatable bonds is 6. The number of benzene rings is 1. The first kappa shape index (κ1) is 19.2. The maximum Gasteiger partial charge on any atom is 0.289 e. The van der Waals surface area contributed by atoms with Crippen molar-refractivity contribution in [1.82, 2.24) is 9.80 Å². The van der Waals surface area contributed by atoms with Crippen LogP contribution in [0.3, 0.4) is 0 Å². The molecule has 0 atom stereocenters. The maximum absolute atomic E-state index is 12.3. The molecule has 6 nitrogen and oxygen atoms in total. The summed E-state index contributed by atoms with van der Waals surface area (Å²) < 4.78 is 5.18. The molecule has 1 aliphatic rings. The molecule has 27 heavy (non-hydrogen) atoms. The molecule has 3 rings (SSSR count). The molecule has 6 heteroatoms. The fourth-order valence-electron chi connectivity index (χ4n) is 3.32. The fraction of sp³-hybridized carbons (Fsp3) is 0.429. The van der Waals surface area contributed by atoms with Crippen molar-refractivity contribution in [3.05, 3.63) is 54.0 Å². The Bertz CT molecular complexity index is 763. The number of nitrogens with zero attached hydrogens (tertiary/aromatic N) is 2. The first-order valence-corrected chi connectivity index (χ1v) is 9.48. The molecule has 2 amide bonds. The molecular weight excluding hydrogens is 342 g/mol. The highest BCUT2D eigenvalue weighted by molar-refractivity contribution is 5.92. The van der Waals surface area contributed by atoms with Gasteiger partial charge in [-0.25, -0.2) is 0 Å². The number of furan rings is 1. The van der Waals surface area contributed by atoms with Crippen molar-refractivity contribution in [2.45, 2.75) is 26.2 Å². The number of carbonyl (C=O) groups excluding carboxylic acids is 2. The largest absolute Gasteiger partial charge is 0.459 e. The summed E-state index contributed by atoms with van der Waals surface area (Å²) in [5, 5.41) is 3.03. The number of hydrogen-bond acceptors (Lipinski definition) is 4. The van der Waals surface area contributed by atoms with E-state index in [9.17, 15) is 9.59 Å². The summed E-state index contributed by atoms with van der Waals surface area (Å²) in [5.41, 5.74) is 2.04. The van der Waals surface area contributed by atoms with Crippen LogP contribution in [-0.4, -0.2) is 54.3 Å². The molecule has 0 radical (unpaired) electrons. The molecule has 1 aromatic carbocycles. The van der Waals surface area contributed by atoms with Gasteiger partial charge in [-0.3, -0.25) is 14.5 Å². The van der Waals surface area contributed by atoms with Gasteiger partial charge in [-0.05, 0) is 29.7 Å². The summed E-state index contributed by atoms with van der Waals surface area (Å²) in [4.78, 5) is 28.6. The second-order valence-corrected chi connectivity index (χ2v) is 7.15. The average molecular weight is 369 g/mol. The molecule has 1 fully saturated rings. The van der Waals surface area contributed by atoms with E-state index in [1.807, 2.05) is 18.2 Å². The van der Waals surface area contributed by atoms with Crippen molar-refractivity contribution >= 4 is 17.5 Å². The van der Waals surface area contributed by atoms with Crippen LogP contribution < -0.4 is 5.32 Å². The van der Waals surface area contributed by atoms with Crippen LogP contribution in [0.2, 0.25) is 0 Å². The Balaban J connectivity index is 1.44. The normalized spacial score (nSPS) is 15.1. The Hall–Kier alpha value is -2.60. The summed E-state index contributed by atoms with van der Waals surface area (Å²) in [5.74, 6) is 0.702. The molecule has 0 saturated carbocycles. The van der Waals surface area contributed by atoms with Crippen molar-refractivity contribution in [3.8, 4) is 0 Å². The van der Waals surface area contributed by atoms with Crippen molar-refractivity contribution in [2.24, 2.45) is 0 Å². The van der Waals surface area contributed by atoms with Gasteiger partial charge in [-0.1, -0.05) is 32.0 Å². The van der Waals surface area contributed by atoms with Gasteiger partial charge in [0.1, 0.15) is 0 Å². The number of piperazine rings is 1. The van der Waals surface area contributed by atoms with Crippen LogP contribution in [0, 0.1) is 0 Å². The Morgan fingerprint density at radius 3 is 2.48 bits per heavy atom. The van der Waals surface area contributed by atoms with Crippen LogP contribution in [0.4, 0.5) is 5.69 Å². The monoisotopic (exact) mass is 369 g/mol. The van der Waals surface area contributed by atoms with Gasteiger partial charge in [0.25, 0.3) is 5.91 Å². The third kappa shape index (κ3) is 4.98. The number of carbonyl (C=O) groups is 2. The van der Waals surface area contributed by atoms with Crippen LogP contribution in [-0.2, 0) is 4.79 Å². The van der Waals surface area contributed by atoms with Gasteiger partial charge in [0.2, 0.25) is 5.91 Å². The van der Waals surface area contributed by atoms with Crippen LogP contribution >= 0.6 is 0 Å². The Kier molecular flexibility index (Phi) is 6.29.